The number of allylic oxidation sites excluding steroid dienone is 2. The van der Waals surface area contributed by atoms with Gasteiger partial charge < -0.3 is 8.85 Å². The first-order valence-electron chi connectivity index (χ1n) is 6.49. The Morgan fingerprint density at radius 2 is 2.00 bits per heavy atom. The summed E-state index contributed by atoms with van der Waals surface area (Å²) in [5.41, 5.74) is 0.497. The third-order valence-corrected chi connectivity index (χ3v) is 4.93. The third-order valence-electron chi connectivity index (χ3n) is 2.89. The molecular formula is C13H25O2Si. The third kappa shape index (κ3) is 4.70. The van der Waals surface area contributed by atoms with Gasteiger partial charge in [0, 0.05) is 12.1 Å². The lowest BCUT2D eigenvalue weighted by Gasteiger charge is -2.19. The predicted octanol–water partition coefficient (Wildman–Crippen LogP) is 4.03. The lowest BCUT2D eigenvalue weighted by molar-refractivity contribution is 0.239. The molecule has 0 atom stereocenters. The second-order valence-corrected chi connectivity index (χ2v) is 7.12. The van der Waals surface area contributed by atoms with Gasteiger partial charge in [0.2, 0.25) is 0 Å². The van der Waals surface area contributed by atoms with Crippen molar-refractivity contribution in [3.05, 3.63) is 11.8 Å². The van der Waals surface area contributed by atoms with Gasteiger partial charge in [-0.3, -0.25) is 0 Å². The van der Waals surface area contributed by atoms with E-state index in [0.29, 0.717) is 5.54 Å². The summed E-state index contributed by atoms with van der Waals surface area (Å²) in [6, 6.07) is 0. The highest BCUT2D eigenvalue weighted by atomic mass is 28.3. The van der Waals surface area contributed by atoms with Crippen LogP contribution in [0.4, 0.5) is 0 Å². The molecule has 16 heavy (non-hydrogen) atoms. The van der Waals surface area contributed by atoms with Crippen molar-refractivity contribution in [2.45, 2.75) is 58.9 Å². The molecule has 0 aromatic rings. The molecule has 0 bridgehead atoms. The van der Waals surface area contributed by atoms with Crippen molar-refractivity contribution in [2.75, 3.05) is 6.61 Å². The summed E-state index contributed by atoms with van der Waals surface area (Å²) in [5.74, 6) is 1.82. The molecule has 3 heteroatoms. The zero-order chi connectivity index (χ0) is 12.0. The molecule has 1 aliphatic rings. The summed E-state index contributed by atoms with van der Waals surface area (Å²) in [6.45, 7) is 9.21. The van der Waals surface area contributed by atoms with Crippen LogP contribution in [0.25, 0.3) is 0 Å². The van der Waals surface area contributed by atoms with Crippen LogP contribution in [-0.2, 0) is 8.85 Å². The van der Waals surface area contributed by atoms with Gasteiger partial charge in [0.1, 0.15) is 0 Å². The summed E-state index contributed by atoms with van der Waals surface area (Å²) in [4.78, 5) is 0. The Labute approximate surface area is 102 Å². The Balaban J connectivity index is 2.42. The van der Waals surface area contributed by atoms with Gasteiger partial charge in [-0.15, -0.1) is 0 Å². The molecule has 2 nitrogen and oxygen atoms in total. The van der Waals surface area contributed by atoms with E-state index in [4.69, 9.17) is 8.85 Å². The van der Waals surface area contributed by atoms with Gasteiger partial charge in [0.05, 0.1) is 5.76 Å². The lowest BCUT2D eigenvalue weighted by Crippen LogP contribution is -2.25. The van der Waals surface area contributed by atoms with Crippen LogP contribution in [-0.4, -0.2) is 15.9 Å². The zero-order valence-electron chi connectivity index (χ0n) is 11.1. The maximum absolute atomic E-state index is 5.95. The van der Waals surface area contributed by atoms with E-state index in [1.165, 1.54) is 25.7 Å². The highest BCUT2D eigenvalue weighted by molar-refractivity contribution is 6.46. The van der Waals surface area contributed by atoms with Crippen LogP contribution >= 0.6 is 0 Å². The maximum atomic E-state index is 5.95. The first-order valence-corrected chi connectivity index (χ1v) is 7.88. The molecule has 0 spiro atoms. The highest BCUT2D eigenvalue weighted by Gasteiger charge is 2.23. The molecule has 1 saturated carbocycles. The molecule has 0 unspecified atom stereocenters. The molecule has 0 aromatic carbocycles. The first kappa shape index (κ1) is 13.8. The van der Waals surface area contributed by atoms with Crippen LogP contribution in [0.15, 0.2) is 11.8 Å². The SMILES string of the molecule is CCO[Si](OC(C)=CC1CCCC1)C(C)C. The summed E-state index contributed by atoms with van der Waals surface area (Å²) in [6.07, 6.45) is 7.72. The van der Waals surface area contributed by atoms with Crippen molar-refractivity contribution in [3.8, 4) is 0 Å². The maximum Gasteiger partial charge on any atom is 0.460 e. The van der Waals surface area contributed by atoms with Crippen LogP contribution in [0.2, 0.25) is 5.54 Å². The molecule has 0 heterocycles. The minimum atomic E-state index is -1.12. The Morgan fingerprint density at radius 1 is 1.38 bits per heavy atom. The second kappa shape index (κ2) is 7.12. The number of hydrogen-bond acceptors (Lipinski definition) is 2. The molecule has 1 aliphatic carbocycles. The van der Waals surface area contributed by atoms with Crippen molar-refractivity contribution in [3.63, 3.8) is 0 Å². The van der Waals surface area contributed by atoms with Crippen LogP contribution in [0.3, 0.4) is 0 Å². The largest absolute Gasteiger partial charge is 0.523 e. The van der Waals surface area contributed by atoms with E-state index in [0.717, 1.165) is 18.3 Å². The molecule has 0 N–H and O–H groups in total. The fraction of sp³-hybridized carbons (Fsp3) is 0.846. The standard InChI is InChI=1S/C13H25O2Si/c1-5-14-16(11(2)3)15-12(4)10-13-8-6-7-9-13/h10-11,13H,5-9H2,1-4H3. The van der Waals surface area contributed by atoms with Crippen molar-refractivity contribution in [2.24, 2.45) is 5.92 Å². The summed E-state index contributed by atoms with van der Waals surface area (Å²) in [5, 5.41) is 0. The molecule has 93 valence electrons. The van der Waals surface area contributed by atoms with Gasteiger partial charge in [-0.2, -0.15) is 0 Å². The fourth-order valence-corrected chi connectivity index (χ4v) is 3.40. The predicted molar refractivity (Wildman–Crippen MR) is 69.3 cm³/mol. The van der Waals surface area contributed by atoms with E-state index in [-0.39, 0.29) is 0 Å². The number of rotatable bonds is 6. The van der Waals surface area contributed by atoms with Crippen molar-refractivity contribution in [1.82, 2.24) is 0 Å². The van der Waals surface area contributed by atoms with Gasteiger partial charge in [-0.1, -0.05) is 26.7 Å². The molecule has 0 aliphatic heterocycles. The van der Waals surface area contributed by atoms with Crippen molar-refractivity contribution >= 4 is 9.28 Å². The van der Waals surface area contributed by atoms with E-state index < -0.39 is 9.28 Å². The second-order valence-electron chi connectivity index (χ2n) is 4.83. The Bertz CT molecular complexity index is 220. The van der Waals surface area contributed by atoms with E-state index in [2.05, 4.69) is 26.8 Å². The van der Waals surface area contributed by atoms with Gasteiger partial charge >= 0.3 is 9.28 Å². The Kier molecular flexibility index (Phi) is 6.13. The Hall–Kier alpha value is -0.283. The summed E-state index contributed by atoms with van der Waals surface area (Å²) >= 11 is 0. The molecular weight excluding hydrogens is 216 g/mol. The van der Waals surface area contributed by atoms with Crippen molar-refractivity contribution in [1.29, 1.82) is 0 Å². The quantitative estimate of drug-likeness (QED) is 0.516. The van der Waals surface area contributed by atoms with Gasteiger partial charge in [-0.05, 0) is 38.7 Å². The number of hydrogen-bond donors (Lipinski definition) is 0. The fourth-order valence-electron chi connectivity index (χ4n) is 2.10. The minimum Gasteiger partial charge on any atom is -0.523 e. The average Bonchev–Trinajstić information content (AvgIpc) is 2.69. The Morgan fingerprint density at radius 3 is 2.50 bits per heavy atom. The van der Waals surface area contributed by atoms with Crippen LogP contribution in [0.5, 0.6) is 0 Å². The molecule has 0 amide bonds. The highest BCUT2D eigenvalue weighted by Crippen LogP contribution is 2.27. The molecule has 0 saturated heterocycles. The van der Waals surface area contributed by atoms with Crippen LogP contribution in [0.1, 0.15) is 53.4 Å². The molecule has 1 fully saturated rings. The normalized spacial score (nSPS) is 18.8. The summed E-state index contributed by atoms with van der Waals surface area (Å²) in [7, 11) is -1.12. The van der Waals surface area contributed by atoms with Crippen LogP contribution < -0.4 is 0 Å². The lowest BCUT2D eigenvalue weighted by atomic mass is 10.1. The van der Waals surface area contributed by atoms with Gasteiger partial charge in [0.15, 0.2) is 0 Å². The molecule has 1 radical (unpaired) electrons. The van der Waals surface area contributed by atoms with E-state index in [1.54, 1.807) is 0 Å². The van der Waals surface area contributed by atoms with Crippen molar-refractivity contribution < 1.29 is 8.85 Å². The molecule has 1 rings (SSSR count). The average molecular weight is 241 g/mol. The van der Waals surface area contributed by atoms with Gasteiger partial charge in [-0.25, -0.2) is 0 Å². The summed E-state index contributed by atoms with van der Waals surface area (Å²) < 4.78 is 11.6. The monoisotopic (exact) mass is 241 g/mol. The topological polar surface area (TPSA) is 18.5 Å². The van der Waals surface area contributed by atoms with E-state index in [9.17, 15) is 0 Å². The van der Waals surface area contributed by atoms with E-state index >= 15 is 0 Å². The smallest absolute Gasteiger partial charge is 0.460 e. The first-order chi connectivity index (χ1) is 7.63. The van der Waals surface area contributed by atoms with Gasteiger partial charge in [0.25, 0.3) is 0 Å². The van der Waals surface area contributed by atoms with E-state index in [1.807, 2.05) is 6.92 Å². The molecule has 0 aromatic heterocycles. The zero-order valence-corrected chi connectivity index (χ0v) is 12.1. The van der Waals surface area contributed by atoms with Crippen LogP contribution in [0, 0.1) is 5.92 Å². The minimum absolute atomic E-state index is 0.497.